The number of hydrogen-bond donors (Lipinski definition) is 0. The van der Waals surface area contributed by atoms with E-state index in [0.29, 0.717) is 0 Å². The van der Waals surface area contributed by atoms with Crippen molar-refractivity contribution in [3.63, 3.8) is 0 Å². The number of thiocarbonyl (C=S) groups is 1. The maximum Gasteiger partial charge on any atom is 0.0730 e. The van der Waals surface area contributed by atoms with Gasteiger partial charge in [0, 0.05) is 15.6 Å². The highest BCUT2D eigenvalue weighted by Crippen LogP contribution is 2.56. The minimum absolute atomic E-state index is 0.535. The lowest BCUT2D eigenvalue weighted by molar-refractivity contribution is 0.666. The van der Waals surface area contributed by atoms with E-state index in [4.69, 9.17) is 12.2 Å². The molecule has 7 aromatic rings. The fourth-order valence-corrected chi connectivity index (χ4v) is 13.0. The first-order chi connectivity index (χ1) is 32.0. The largest absolute Gasteiger partial charge is 0.143 e. The van der Waals surface area contributed by atoms with Gasteiger partial charge in [-0.15, -0.1) is 22.7 Å². The number of rotatable bonds is 24. The van der Waals surface area contributed by atoms with Gasteiger partial charge in [-0.3, -0.25) is 0 Å². The summed E-state index contributed by atoms with van der Waals surface area (Å²) in [6, 6.07) is 41.2. The van der Waals surface area contributed by atoms with Crippen molar-refractivity contribution in [1.29, 1.82) is 0 Å². The van der Waals surface area contributed by atoms with Crippen LogP contribution in [-0.2, 0) is 31.1 Å². The molecule has 2 aromatic heterocycles. The van der Waals surface area contributed by atoms with E-state index in [9.17, 15) is 0 Å². The van der Waals surface area contributed by atoms with Crippen LogP contribution in [0.2, 0.25) is 0 Å². The highest BCUT2D eigenvalue weighted by atomic mass is 32.1. The van der Waals surface area contributed by atoms with Crippen molar-refractivity contribution in [2.75, 3.05) is 0 Å². The predicted octanol–water partition coefficient (Wildman–Crippen LogP) is 19.4. The summed E-state index contributed by atoms with van der Waals surface area (Å²) >= 11 is 10.5. The normalized spacial score (nSPS) is 14.0. The minimum Gasteiger partial charge on any atom is -0.143 e. The number of aryl methyl sites for hydroxylation is 4. The van der Waals surface area contributed by atoms with Crippen molar-refractivity contribution in [3.8, 4) is 11.1 Å². The molecule has 5 aromatic carbocycles. The Balaban J connectivity index is 1.32. The molecule has 0 amide bonds. The quantitative estimate of drug-likeness (QED) is 0.0331. The van der Waals surface area contributed by atoms with E-state index in [1.165, 1.54) is 190 Å². The number of allylic oxidation sites excluding steroid dienone is 1. The average molecular weight is 913 g/mol. The molecule has 0 saturated carbocycles. The molecular formula is C62H72S3. The van der Waals surface area contributed by atoms with Gasteiger partial charge in [0.05, 0.1) is 15.2 Å². The van der Waals surface area contributed by atoms with Gasteiger partial charge < -0.3 is 0 Å². The Hall–Kier alpha value is -4.15. The van der Waals surface area contributed by atoms with Gasteiger partial charge in [0.1, 0.15) is 0 Å². The molecule has 0 bridgehead atoms. The van der Waals surface area contributed by atoms with Crippen LogP contribution in [-0.4, -0.2) is 4.86 Å². The zero-order chi connectivity index (χ0) is 45.0. The number of fused-ring (bicyclic) bond motifs is 3. The lowest BCUT2D eigenvalue weighted by atomic mass is 9.67. The Morgan fingerprint density at radius 1 is 0.462 bits per heavy atom. The van der Waals surface area contributed by atoms with Crippen molar-refractivity contribution in [2.24, 2.45) is 0 Å². The fraction of sp³-hybridized carbons (Fsp3) is 0.403. The van der Waals surface area contributed by atoms with E-state index in [-0.39, 0.29) is 0 Å². The van der Waals surface area contributed by atoms with Crippen molar-refractivity contribution in [1.82, 2.24) is 0 Å². The summed E-state index contributed by atoms with van der Waals surface area (Å²) in [5.41, 5.74) is 14.4. The van der Waals surface area contributed by atoms with Crippen LogP contribution in [0.15, 0.2) is 119 Å². The Morgan fingerprint density at radius 3 is 1.46 bits per heavy atom. The summed E-state index contributed by atoms with van der Waals surface area (Å²) in [7, 11) is 0. The van der Waals surface area contributed by atoms with Crippen molar-refractivity contribution >= 4 is 66.7 Å². The van der Waals surface area contributed by atoms with Crippen LogP contribution >= 0.6 is 34.9 Å². The Labute approximate surface area is 405 Å². The van der Waals surface area contributed by atoms with Crippen LogP contribution < -0.4 is 0 Å². The second-order valence-corrected chi connectivity index (χ2v) is 21.2. The molecule has 0 spiro atoms. The summed E-state index contributed by atoms with van der Waals surface area (Å²) in [5, 5.41) is 8.61. The monoisotopic (exact) mass is 912 g/mol. The fourth-order valence-electron chi connectivity index (χ4n) is 10.7. The van der Waals surface area contributed by atoms with Gasteiger partial charge in [-0.25, -0.2) is 0 Å². The SMILES string of the molecule is CCCCCCc1ccc(-c2c3ccc(CCCCCC)cc3c(/C=C3\C(=S)c4sccc4C3(c3ccc(CCCCCC)cc3)c3ccc(CCCCCC)cc3)c3sccc23)cc1. The molecule has 1 aliphatic rings. The zero-order valence-electron chi connectivity index (χ0n) is 39.9. The first-order valence-electron chi connectivity index (χ1n) is 25.6. The van der Waals surface area contributed by atoms with Gasteiger partial charge in [-0.2, -0.15) is 0 Å². The molecule has 0 fully saturated rings. The van der Waals surface area contributed by atoms with Crippen LogP contribution in [0.3, 0.4) is 0 Å². The zero-order valence-corrected chi connectivity index (χ0v) is 42.4. The van der Waals surface area contributed by atoms with Gasteiger partial charge in [-0.1, -0.05) is 208 Å². The van der Waals surface area contributed by atoms with Gasteiger partial charge >= 0.3 is 0 Å². The Kier molecular flexibility index (Phi) is 16.8. The molecular weight excluding hydrogens is 841 g/mol. The molecule has 0 radical (unpaired) electrons. The number of benzene rings is 5. The summed E-state index contributed by atoms with van der Waals surface area (Å²) in [5.74, 6) is 0. The maximum atomic E-state index is 6.75. The van der Waals surface area contributed by atoms with Crippen molar-refractivity contribution < 1.29 is 0 Å². The smallest absolute Gasteiger partial charge is 0.0730 e. The number of unbranched alkanes of at least 4 members (excludes halogenated alkanes) is 12. The third kappa shape index (κ3) is 10.4. The van der Waals surface area contributed by atoms with Crippen LogP contribution in [0, 0.1) is 0 Å². The van der Waals surface area contributed by atoms with E-state index in [2.05, 4.69) is 148 Å². The van der Waals surface area contributed by atoms with E-state index in [0.717, 1.165) is 30.5 Å². The maximum absolute atomic E-state index is 6.75. The predicted molar refractivity (Wildman–Crippen MR) is 293 cm³/mol. The van der Waals surface area contributed by atoms with Gasteiger partial charge in [-0.05, 0) is 147 Å². The molecule has 0 saturated heterocycles. The molecule has 338 valence electrons. The van der Waals surface area contributed by atoms with E-state index < -0.39 is 5.41 Å². The van der Waals surface area contributed by atoms with Crippen molar-refractivity contribution in [2.45, 2.75) is 162 Å². The van der Waals surface area contributed by atoms with Gasteiger partial charge in [0.25, 0.3) is 0 Å². The molecule has 1 aliphatic carbocycles. The van der Waals surface area contributed by atoms with Crippen LogP contribution in [0.5, 0.6) is 0 Å². The summed E-state index contributed by atoms with van der Waals surface area (Å²) in [6.07, 6.45) is 27.5. The first-order valence-corrected chi connectivity index (χ1v) is 27.8. The molecule has 8 rings (SSSR count). The molecule has 0 nitrogen and oxygen atoms in total. The summed E-state index contributed by atoms with van der Waals surface area (Å²) < 4.78 is 1.35. The third-order valence-electron chi connectivity index (χ3n) is 14.3. The molecule has 65 heavy (non-hydrogen) atoms. The second-order valence-electron chi connectivity index (χ2n) is 19.0. The molecule has 0 atom stereocenters. The standard InChI is InChI=1S/C62H72S3/c1-5-9-13-17-21-45-25-32-49(33-26-45)58-52-38-31-48(24-20-16-12-8-4)43-54(52)55(60-53(58)39-41-64-60)44-57-59(63)61-56(40-42-65-61)62(57,50-34-27-46(28-35-50)22-18-14-10-6-2)51-36-29-47(30-37-51)23-19-15-11-7-3/h25-44H,5-24H2,1-4H3/b57-44+. The first kappa shape index (κ1) is 47.3. The molecule has 0 aliphatic heterocycles. The highest BCUT2D eigenvalue weighted by molar-refractivity contribution is 7.81. The molecule has 0 N–H and O–H groups in total. The minimum atomic E-state index is -0.535. The van der Waals surface area contributed by atoms with Crippen molar-refractivity contribution in [3.05, 3.63) is 169 Å². The topological polar surface area (TPSA) is 0 Å². The van der Waals surface area contributed by atoms with Crippen LogP contribution in [0.4, 0.5) is 0 Å². The summed E-state index contributed by atoms with van der Waals surface area (Å²) in [4.78, 5) is 2.24. The Bertz CT molecular complexity index is 2590. The molecule has 3 heteroatoms. The third-order valence-corrected chi connectivity index (χ3v) is 16.8. The van der Waals surface area contributed by atoms with E-state index >= 15 is 0 Å². The number of thiophene rings is 2. The molecule has 2 heterocycles. The summed E-state index contributed by atoms with van der Waals surface area (Å²) in [6.45, 7) is 9.20. The Morgan fingerprint density at radius 2 is 0.938 bits per heavy atom. The second kappa shape index (κ2) is 23.0. The highest BCUT2D eigenvalue weighted by Gasteiger charge is 2.49. The lowest BCUT2D eigenvalue weighted by Gasteiger charge is -2.34. The van der Waals surface area contributed by atoms with E-state index in [1.54, 1.807) is 0 Å². The van der Waals surface area contributed by atoms with Crippen LogP contribution in [0.1, 0.15) is 180 Å². The van der Waals surface area contributed by atoms with Crippen LogP contribution in [0.25, 0.3) is 38.1 Å². The lowest BCUT2D eigenvalue weighted by Crippen LogP contribution is -2.29. The van der Waals surface area contributed by atoms with Gasteiger partial charge in [0.15, 0.2) is 0 Å². The van der Waals surface area contributed by atoms with E-state index in [1.807, 2.05) is 22.7 Å². The number of hydrogen-bond acceptors (Lipinski definition) is 3. The average Bonchev–Trinajstić information content (AvgIpc) is 4.08. The van der Waals surface area contributed by atoms with Gasteiger partial charge in [0.2, 0.25) is 0 Å². The molecule has 0 unspecified atom stereocenters.